The van der Waals surface area contributed by atoms with Gasteiger partial charge in [-0.25, -0.2) is 9.37 Å². The second-order valence-electron chi connectivity index (χ2n) is 8.14. The average Bonchev–Trinajstić information content (AvgIpc) is 2.75. The van der Waals surface area contributed by atoms with Crippen LogP contribution in [0.3, 0.4) is 0 Å². The number of amides is 2. The highest BCUT2D eigenvalue weighted by Gasteiger charge is 2.30. The smallest absolute Gasteiger partial charge is 0.259 e. The van der Waals surface area contributed by atoms with Crippen molar-refractivity contribution < 1.29 is 18.7 Å². The van der Waals surface area contributed by atoms with Crippen LogP contribution in [0.2, 0.25) is 0 Å². The fourth-order valence-electron chi connectivity index (χ4n) is 3.32. The third kappa shape index (κ3) is 5.81. The van der Waals surface area contributed by atoms with Crippen LogP contribution < -0.4 is 10.1 Å². The lowest BCUT2D eigenvalue weighted by Crippen LogP contribution is -2.45. The first kappa shape index (κ1) is 23.2. The molecule has 1 aromatic carbocycles. The number of carbonyl (C=O) groups excluding carboxylic acids is 2. The molecular formula is C23H27BrFN3O3. The number of piperidine rings is 1. The molecule has 1 aliphatic rings. The van der Waals surface area contributed by atoms with Gasteiger partial charge in [-0.3, -0.25) is 9.59 Å². The summed E-state index contributed by atoms with van der Waals surface area (Å²) in [6, 6.07) is 7.49. The van der Waals surface area contributed by atoms with Crippen LogP contribution in [0.5, 0.6) is 11.6 Å². The third-order valence-electron chi connectivity index (χ3n) is 5.63. The first-order valence-electron chi connectivity index (χ1n) is 10.4. The van der Waals surface area contributed by atoms with Crippen LogP contribution in [0.15, 0.2) is 41.0 Å². The summed E-state index contributed by atoms with van der Waals surface area (Å²) in [6.07, 6.45) is 2.76. The van der Waals surface area contributed by atoms with Crippen molar-refractivity contribution in [3.8, 4) is 11.6 Å². The lowest BCUT2D eigenvalue weighted by Gasteiger charge is -2.32. The normalized spacial score (nSPS) is 15.6. The topological polar surface area (TPSA) is 71.5 Å². The minimum Gasteiger partial charge on any atom is -0.437 e. The van der Waals surface area contributed by atoms with E-state index in [9.17, 15) is 14.0 Å². The van der Waals surface area contributed by atoms with Gasteiger partial charge < -0.3 is 15.0 Å². The second-order valence-corrected chi connectivity index (χ2v) is 9.00. The van der Waals surface area contributed by atoms with Gasteiger partial charge in [0.05, 0.1) is 4.47 Å². The van der Waals surface area contributed by atoms with Crippen molar-refractivity contribution in [3.05, 3.63) is 52.4 Å². The fourth-order valence-corrected chi connectivity index (χ4v) is 3.75. The molecule has 8 heteroatoms. The average molecular weight is 492 g/mol. The van der Waals surface area contributed by atoms with Crippen LogP contribution >= 0.6 is 15.9 Å². The van der Waals surface area contributed by atoms with Crippen LogP contribution in [-0.2, 0) is 4.79 Å². The van der Waals surface area contributed by atoms with Crippen LogP contribution in [-0.4, -0.2) is 40.8 Å². The molecule has 2 aromatic rings. The molecule has 2 heterocycles. The van der Waals surface area contributed by atoms with Gasteiger partial charge in [-0.15, -0.1) is 0 Å². The second kappa shape index (κ2) is 10.2. The molecule has 0 aliphatic carbocycles. The number of likely N-dealkylation sites (tertiary alicyclic amines) is 1. The Hall–Kier alpha value is -2.48. The SMILES string of the molecule is CC(C)C(C)NC(=O)C1CCN(C(=O)c2cccnc2Oc2ccc(F)cc2Br)CC1. The Morgan fingerprint density at radius 3 is 2.58 bits per heavy atom. The zero-order valence-electron chi connectivity index (χ0n) is 17.9. The summed E-state index contributed by atoms with van der Waals surface area (Å²) >= 11 is 3.26. The van der Waals surface area contributed by atoms with Crippen molar-refractivity contribution in [2.75, 3.05) is 13.1 Å². The highest BCUT2D eigenvalue weighted by Crippen LogP contribution is 2.31. The van der Waals surface area contributed by atoms with E-state index in [1.165, 1.54) is 24.4 Å². The maximum absolute atomic E-state index is 13.3. The van der Waals surface area contributed by atoms with Gasteiger partial charge in [0.2, 0.25) is 11.8 Å². The fraction of sp³-hybridized carbons (Fsp3) is 0.435. The monoisotopic (exact) mass is 491 g/mol. The molecule has 31 heavy (non-hydrogen) atoms. The predicted octanol–water partition coefficient (Wildman–Crippen LogP) is 4.79. The number of carbonyl (C=O) groups is 2. The maximum Gasteiger partial charge on any atom is 0.259 e. The molecule has 1 atom stereocenters. The van der Waals surface area contributed by atoms with Gasteiger partial charge in [-0.05, 0) is 71.9 Å². The molecule has 1 saturated heterocycles. The van der Waals surface area contributed by atoms with Gasteiger partial charge in [0.15, 0.2) is 0 Å². The van der Waals surface area contributed by atoms with Gasteiger partial charge >= 0.3 is 0 Å². The van der Waals surface area contributed by atoms with Crippen LogP contribution in [0.4, 0.5) is 4.39 Å². The van der Waals surface area contributed by atoms with Crippen molar-refractivity contribution in [2.24, 2.45) is 11.8 Å². The summed E-state index contributed by atoms with van der Waals surface area (Å²) in [7, 11) is 0. The Morgan fingerprint density at radius 2 is 1.94 bits per heavy atom. The lowest BCUT2D eigenvalue weighted by atomic mass is 9.94. The number of hydrogen-bond acceptors (Lipinski definition) is 4. The van der Waals surface area contributed by atoms with Gasteiger partial charge in [0, 0.05) is 31.2 Å². The molecule has 1 unspecified atom stereocenters. The number of nitrogens with zero attached hydrogens (tertiary/aromatic N) is 2. The molecule has 0 bridgehead atoms. The van der Waals surface area contributed by atoms with Gasteiger partial charge in [0.1, 0.15) is 17.1 Å². The van der Waals surface area contributed by atoms with E-state index in [0.717, 1.165) is 0 Å². The Balaban J connectivity index is 1.66. The maximum atomic E-state index is 13.3. The highest BCUT2D eigenvalue weighted by molar-refractivity contribution is 9.10. The molecule has 0 radical (unpaired) electrons. The van der Waals surface area contributed by atoms with Crippen LogP contribution in [0.25, 0.3) is 0 Å². The van der Waals surface area contributed by atoms with E-state index < -0.39 is 5.82 Å². The van der Waals surface area contributed by atoms with Gasteiger partial charge in [-0.2, -0.15) is 0 Å². The zero-order chi connectivity index (χ0) is 22.5. The predicted molar refractivity (Wildman–Crippen MR) is 119 cm³/mol. The van der Waals surface area contributed by atoms with Gasteiger partial charge in [-0.1, -0.05) is 13.8 Å². The van der Waals surface area contributed by atoms with Crippen molar-refractivity contribution in [3.63, 3.8) is 0 Å². The molecule has 0 saturated carbocycles. The Bertz CT molecular complexity index is 945. The number of aromatic nitrogens is 1. The largest absolute Gasteiger partial charge is 0.437 e. The first-order chi connectivity index (χ1) is 14.8. The van der Waals surface area contributed by atoms with Crippen molar-refractivity contribution in [1.29, 1.82) is 0 Å². The van der Waals surface area contributed by atoms with E-state index in [0.29, 0.717) is 47.6 Å². The van der Waals surface area contributed by atoms with E-state index >= 15 is 0 Å². The van der Waals surface area contributed by atoms with Crippen molar-refractivity contribution in [1.82, 2.24) is 15.2 Å². The Labute approximate surface area is 190 Å². The molecule has 6 nitrogen and oxygen atoms in total. The molecule has 1 aliphatic heterocycles. The molecular weight excluding hydrogens is 465 g/mol. The number of ether oxygens (including phenoxy) is 1. The van der Waals surface area contributed by atoms with E-state index in [-0.39, 0.29) is 29.7 Å². The first-order valence-corrected chi connectivity index (χ1v) is 11.2. The highest BCUT2D eigenvalue weighted by atomic mass is 79.9. The van der Waals surface area contributed by atoms with E-state index in [1.807, 2.05) is 6.92 Å². The number of nitrogens with one attached hydrogen (secondary N) is 1. The quantitative estimate of drug-likeness (QED) is 0.630. The molecule has 0 spiro atoms. The summed E-state index contributed by atoms with van der Waals surface area (Å²) < 4.78 is 19.6. The summed E-state index contributed by atoms with van der Waals surface area (Å²) in [4.78, 5) is 31.5. The summed E-state index contributed by atoms with van der Waals surface area (Å²) in [5.41, 5.74) is 0.329. The van der Waals surface area contributed by atoms with Crippen LogP contribution in [0.1, 0.15) is 44.0 Å². The van der Waals surface area contributed by atoms with Crippen molar-refractivity contribution in [2.45, 2.75) is 39.7 Å². The number of pyridine rings is 1. The van der Waals surface area contributed by atoms with Gasteiger partial charge in [0.25, 0.3) is 5.91 Å². The minimum absolute atomic E-state index is 0.0554. The summed E-state index contributed by atoms with van der Waals surface area (Å²) in [6.45, 7) is 7.13. The molecule has 166 valence electrons. The third-order valence-corrected chi connectivity index (χ3v) is 6.24. The molecule has 2 amide bonds. The summed E-state index contributed by atoms with van der Waals surface area (Å²) in [5, 5.41) is 3.07. The van der Waals surface area contributed by atoms with E-state index in [4.69, 9.17) is 4.74 Å². The number of benzene rings is 1. The zero-order valence-corrected chi connectivity index (χ0v) is 19.5. The van der Waals surface area contributed by atoms with E-state index in [1.54, 1.807) is 17.0 Å². The molecule has 3 rings (SSSR count). The minimum atomic E-state index is -0.397. The van der Waals surface area contributed by atoms with Crippen LogP contribution in [0, 0.1) is 17.7 Å². The molecule has 1 N–H and O–H groups in total. The number of halogens is 2. The Kier molecular flexibility index (Phi) is 7.64. The Morgan fingerprint density at radius 1 is 1.23 bits per heavy atom. The lowest BCUT2D eigenvalue weighted by molar-refractivity contribution is -0.127. The standard InChI is InChI=1S/C23H27BrFN3O3/c1-14(2)15(3)27-21(29)16-8-11-28(12-9-16)23(30)18-5-4-10-26-22(18)31-20-7-6-17(25)13-19(20)24/h4-7,10,13-16H,8-9,11-12H2,1-3H3,(H,27,29). The van der Waals surface area contributed by atoms with Crippen molar-refractivity contribution >= 4 is 27.7 Å². The molecule has 1 aromatic heterocycles. The number of rotatable bonds is 6. The number of hydrogen-bond donors (Lipinski definition) is 1. The summed E-state index contributed by atoms with van der Waals surface area (Å²) in [5.74, 6) is 0.261. The molecule has 1 fully saturated rings. The van der Waals surface area contributed by atoms with E-state index in [2.05, 4.69) is 40.1 Å².